The Morgan fingerprint density at radius 1 is 0.971 bits per heavy atom. The quantitative estimate of drug-likeness (QED) is 0.248. The van der Waals surface area contributed by atoms with E-state index in [-0.39, 0.29) is 16.9 Å². The van der Waals surface area contributed by atoms with Crippen LogP contribution in [-0.4, -0.2) is 29.9 Å². The molecule has 5 nitrogen and oxygen atoms in total. The first-order valence-electron chi connectivity index (χ1n) is 11.5. The third-order valence-corrected chi connectivity index (χ3v) is 7.56. The number of Topliss-reactive ketones (excluding diaryl/α,β-unsaturated/α-hetero) is 1. The summed E-state index contributed by atoms with van der Waals surface area (Å²) in [5.74, 6) is -2.54. The minimum Gasteiger partial charge on any atom is -0.507 e. The number of carbonyl (C=O) groups excluding carboxylic acids is 2. The van der Waals surface area contributed by atoms with Crippen molar-refractivity contribution in [1.82, 2.24) is 0 Å². The number of anilines is 2. The van der Waals surface area contributed by atoms with Crippen molar-refractivity contribution in [2.45, 2.75) is 25.8 Å². The van der Waals surface area contributed by atoms with E-state index in [4.69, 9.17) is 0 Å². The molecule has 0 spiro atoms. The number of aryl methyl sites for hydroxylation is 1. The molecule has 1 amide bonds. The van der Waals surface area contributed by atoms with Crippen molar-refractivity contribution in [3.63, 3.8) is 0 Å². The van der Waals surface area contributed by atoms with Gasteiger partial charge in [0, 0.05) is 40.1 Å². The second-order valence-corrected chi connectivity index (χ2v) is 9.72. The lowest BCUT2D eigenvalue weighted by atomic mass is 9.94. The minimum absolute atomic E-state index is 0.134. The molecule has 0 saturated carbocycles. The molecule has 2 fully saturated rings. The Kier molecular flexibility index (Phi) is 6.19. The Morgan fingerprint density at radius 3 is 2.29 bits per heavy atom. The average Bonchev–Trinajstić information content (AvgIpc) is 3.48. The van der Waals surface area contributed by atoms with Gasteiger partial charge in [-0.15, -0.1) is 0 Å². The average molecular weight is 535 g/mol. The summed E-state index contributed by atoms with van der Waals surface area (Å²) in [7, 11) is 0. The van der Waals surface area contributed by atoms with Crippen LogP contribution in [0.5, 0.6) is 0 Å². The number of rotatable bonds is 4. The van der Waals surface area contributed by atoms with Crippen molar-refractivity contribution in [1.29, 1.82) is 0 Å². The first-order valence-corrected chi connectivity index (χ1v) is 12.3. The molecule has 1 atom stereocenters. The lowest BCUT2D eigenvalue weighted by Crippen LogP contribution is -2.30. The van der Waals surface area contributed by atoms with Crippen LogP contribution in [0.15, 0.2) is 76.8 Å². The molecule has 0 aromatic heterocycles. The molecule has 5 rings (SSSR count). The zero-order valence-electron chi connectivity index (χ0n) is 19.2. The second-order valence-electron chi connectivity index (χ2n) is 8.87. The molecule has 3 aromatic rings. The van der Waals surface area contributed by atoms with Crippen LogP contribution in [0.2, 0.25) is 0 Å². The van der Waals surface area contributed by atoms with Crippen LogP contribution in [0.1, 0.15) is 35.6 Å². The van der Waals surface area contributed by atoms with E-state index >= 15 is 4.39 Å². The molecule has 2 saturated heterocycles. The highest BCUT2D eigenvalue weighted by atomic mass is 79.9. The van der Waals surface area contributed by atoms with Crippen LogP contribution in [0.4, 0.5) is 15.8 Å². The molecule has 1 N–H and O–H groups in total. The highest BCUT2D eigenvalue weighted by Crippen LogP contribution is 2.43. The van der Waals surface area contributed by atoms with Gasteiger partial charge in [0.15, 0.2) is 0 Å². The van der Waals surface area contributed by atoms with Crippen LogP contribution < -0.4 is 9.80 Å². The van der Waals surface area contributed by atoms with E-state index < -0.39 is 23.5 Å². The number of aliphatic hydroxyl groups excluding tert-OH is 1. The van der Waals surface area contributed by atoms with Crippen molar-refractivity contribution in [3.8, 4) is 0 Å². The number of aliphatic hydroxyl groups is 1. The molecule has 0 radical (unpaired) electrons. The van der Waals surface area contributed by atoms with Crippen molar-refractivity contribution < 1.29 is 19.1 Å². The Labute approximate surface area is 211 Å². The number of carbonyl (C=O) groups is 2. The van der Waals surface area contributed by atoms with E-state index in [0.29, 0.717) is 11.3 Å². The first kappa shape index (κ1) is 23.3. The smallest absolute Gasteiger partial charge is 0.300 e. The number of halogens is 2. The van der Waals surface area contributed by atoms with Gasteiger partial charge in [-0.3, -0.25) is 14.5 Å². The molecule has 2 aliphatic heterocycles. The fraction of sp³-hybridized carbons (Fsp3) is 0.214. The Balaban J connectivity index is 1.65. The van der Waals surface area contributed by atoms with Gasteiger partial charge in [-0.05, 0) is 67.8 Å². The normalized spacial score (nSPS) is 19.6. The predicted octanol–water partition coefficient (Wildman–Crippen LogP) is 6.12. The minimum atomic E-state index is -1.10. The molecular weight excluding hydrogens is 511 g/mol. The van der Waals surface area contributed by atoms with Gasteiger partial charge < -0.3 is 10.0 Å². The fourth-order valence-corrected chi connectivity index (χ4v) is 5.08. The summed E-state index contributed by atoms with van der Waals surface area (Å²) in [6.07, 6.45) is 2.28. The number of amides is 1. The summed E-state index contributed by atoms with van der Waals surface area (Å²) in [5, 5.41) is 11.2. The van der Waals surface area contributed by atoms with Crippen molar-refractivity contribution >= 4 is 44.8 Å². The van der Waals surface area contributed by atoms with Gasteiger partial charge in [-0.2, -0.15) is 0 Å². The third kappa shape index (κ3) is 4.14. The number of nitrogens with zero attached hydrogens (tertiary/aromatic N) is 2. The van der Waals surface area contributed by atoms with Gasteiger partial charge >= 0.3 is 0 Å². The number of ketones is 1. The van der Waals surface area contributed by atoms with Crippen LogP contribution in [0, 0.1) is 12.7 Å². The standard InChI is InChI=1S/C28H24BrFN2O3/c1-17-16-18(8-13-22(17)29)26(33)24-25(21-6-2-3-7-23(21)30)32(28(35)27(24)34)20-11-9-19(10-12-20)31-14-4-5-15-31/h2-3,6-13,16,25,33H,4-5,14-15H2,1H3/b26-24+. The zero-order valence-corrected chi connectivity index (χ0v) is 20.8. The van der Waals surface area contributed by atoms with Gasteiger partial charge in [0.05, 0.1) is 11.6 Å². The van der Waals surface area contributed by atoms with Gasteiger partial charge in [-0.1, -0.05) is 40.2 Å². The Morgan fingerprint density at radius 2 is 1.63 bits per heavy atom. The molecule has 0 aliphatic carbocycles. The molecule has 35 heavy (non-hydrogen) atoms. The molecule has 2 heterocycles. The predicted molar refractivity (Wildman–Crippen MR) is 138 cm³/mol. The van der Waals surface area contributed by atoms with Crippen molar-refractivity contribution in [3.05, 3.63) is 99.3 Å². The van der Waals surface area contributed by atoms with Gasteiger partial charge in [0.2, 0.25) is 0 Å². The molecule has 2 aliphatic rings. The topological polar surface area (TPSA) is 60.9 Å². The summed E-state index contributed by atoms with van der Waals surface area (Å²) in [6.45, 7) is 3.81. The molecule has 3 aromatic carbocycles. The number of benzene rings is 3. The highest BCUT2D eigenvalue weighted by Gasteiger charge is 2.47. The largest absolute Gasteiger partial charge is 0.507 e. The number of hydrogen-bond acceptors (Lipinski definition) is 4. The summed E-state index contributed by atoms with van der Waals surface area (Å²) in [4.78, 5) is 30.1. The van der Waals surface area contributed by atoms with Crippen LogP contribution in [0.25, 0.3) is 5.76 Å². The van der Waals surface area contributed by atoms with E-state index in [9.17, 15) is 14.7 Å². The number of hydrogen-bond donors (Lipinski definition) is 1. The van der Waals surface area contributed by atoms with Crippen molar-refractivity contribution in [2.75, 3.05) is 22.9 Å². The lowest BCUT2D eigenvalue weighted by molar-refractivity contribution is -0.132. The molecule has 7 heteroatoms. The molecule has 178 valence electrons. The van der Waals surface area contributed by atoms with Crippen LogP contribution in [-0.2, 0) is 9.59 Å². The van der Waals surface area contributed by atoms with E-state index in [1.807, 2.05) is 19.1 Å². The monoisotopic (exact) mass is 534 g/mol. The van der Waals surface area contributed by atoms with Gasteiger partial charge in [0.1, 0.15) is 11.6 Å². The Hall–Kier alpha value is -3.45. The zero-order chi connectivity index (χ0) is 24.7. The molecular formula is C28H24BrFN2O3. The maximum absolute atomic E-state index is 15.0. The summed E-state index contributed by atoms with van der Waals surface area (Å²) in [5.41, 5.74) is 2.75. The van der Waals surface area contributed by atoms with Gasteiger partial charge in [0.25, 0.3) is 11.7 Å². The lowest BCUT2D eigenvalue weighted by Gasteiger charge is -2.26. The highest BCUT2D eigenvalue weighted by molar-refractivity contribution is 9.10. The van der Waals surface area contributed by atoms with Crippen LogP contribution in [0.3, 0.4) is 0 Å². The van der Waals surface area contributed by atoms with E-state index in [1.165, 1.54) is 17.0 Å². The summed E-state index contributed by atoms with van der Waals surface area (Å²) in [6, 6.07) is 17.4. The van der Waals surface area contributed by atoms with Gasteiger partial charge in [-0.25, -0.2) is 4.39 Å². The Bertz CT molecular complexity index is 1350. The third-order valence-electron chi connectivity index (χ3n) is 6.67. The van der Waals surface area contributed by atoms with Crippen LogP contribution >= 0.6 is 15.9 Å². The fourth-order valence-electron chi connectivity index (χ4n) is 4.84. The van der Waals surface area contributed by atoms with E-state index in [0.717, 1.165) is 41.7 Å². The maximum Gasteiger partial charge on any atom is 0.300 e. The molecule has 1 unspecified atom stereocenters. The summed E-state index contributed by atoms with van der Waals surface area (Å²) < 4.78 is 15.9. The molecule has 0 bridgehead atoms. The van der Waals surface area contributed by atoms with Crippen molar-refractivity contribution in [2.24, 2.45) is 0 Å². The summed E-state index contributed by atoms with van der Waals surface area (Å²) >= 11 is 3.43. The maximum atomic E-state index is 15.0. The SMILES string of the molecule is Cc1cc(/C(O)=C2\C(=O)C(=O)N(c3ccc(N4CCCC4)cc3)C2c2ccccc2F)ccc1Br. The van der Waals surface area contributed by atoms with E-state index in [1.54, 1.807) is 42.5 Å². The second kappa shape index (κ2) is 9.30. The first-order chi connectivity index (χ1) is 16.9. The van der Waals surface area contributed by atoms with E-state index in [2.05, 4.69) is 20.8 Å².